The molecule has 122 valence electrons. The van der Waals surface area contributed by atoms with Gasteiger partial charge in [0.2, 0.25) is 10.0 Å². The fourth-order valence-electron chi connectivity index (χ4n) is 2.24. The number of sulfonamides is 1. The van der Waals surface area contributed by atoms with Crippen molar-refractivity contribution in [2.24, 2.45) is 0 Å². The van der Waals surface area contributed by atoms with Crippen LogP contribution in [0.2, 0.25) is 0 Å². The molecule has 0 aromatic heterocycles. The molecule has 0 aliphatic carbocycles. The molecule has 21 heavy (non-hydrogen) atoms. The molecule has 0 aromatic carbocycles. The summed E-state index contributed by atoms with van der Waals surface area (Å²) in [5.41, 5.74) is 4.31. The molecule has 1 atom stereocenters. The van der Waals surface area contributed by atoms with Gasteiger partial charge in [-0.15, -0.1) is 0 Å². The maximum Gasteiger partial charge on any atom is 0.426 e. The van der Waals surface area contributed by atoms with Crippen molar-refractivity contribution in [3.63, 3.8) is 0 Å². The summed E-state index contributed by atoms with van der Waals surface area (Å²) in [6.07, 6.45) is 1.67. The molecule has 1 saturated heterocycles. The second kappa shape index (κ2) is 8.18. The number of hydrazine groups is 1. The Morgan fingerprint density at radius 2 is 1.95 bits per heavy atom. The number of carbonyl (C=O) groups excluding carboxylic acids is 2. The van der Waals surface area contributed by atoms with Crippen molar-refractivity contribution in [3.05, 3.63) is 0 Å². The van der Waals surface area contributed by atoms with Gasteiger partial charge in [-0.25, -0.2) is 18.6 Å². The SMILES string of the molecule is CCCS(=O)(=O)N1CCCCC1C(=O)NNC(=O)OCC. The van der Waals surface area contributed by atoms with Gasteiger partial charge in [-0.05, 0) is 26.2 Å². The van der Waals surface area contributed by atoms with Crippen LogP contribution in [0.3, 0.4) is 0 Å². The van der Waals surface area contributed by atoms with Crippen LogP contribution in [0, 0.1) is 0 Å². The Labute approximate surface area is 125 Å². The van der Waals surface area contributed by atoms with Gasteiger partial charge in [-0.1, -0.05) is 13.3 Å². The number of hydrogen-bond acceptors (Lipinski definition) is 5. The first-order valence-electron chi connectivity index (χ1n) is 7.14. The van der Waals surface area contributed by atoms with Gasteiger partial charge in [0.05, 0.1) is 12.4 Å². The fraction of sp³-hybridized carbons (Fsp3) is 0.833. The van der Waals surface area contributed by atoms with Crippen molar-refractivity contribution < 1.29 is 22.7 Å². The molecule has 1 unspecified atom stereocenters. The van der Waals surface area contributed by atoms with E-state index in [0.717, 1.165) is 12.8 Å². The molecular formula is C12H23N3O5S. The lowest BCUT2D eigenvalue weighted by Crippen LogP contribution is -2.55. The van der Waals surface area contributed by atoms with Gasteiger partial charge in [0.1, 0.15) is 6.04 Å². The second-order valence-electron chi connectivity index (χ2n) is 4.77. The van der Waals surface area contributed by atoms with E-state index >= 15 is 0 Å². The summed E-state index contributed by atoms with van der Waals surface area (Å²) in [4.78, 5) is 23.2. The van der Waals surface area contributed by atoms with Gasteiger partial charge in [0.15, 0.2) is 0 Å². The number of amides is 2. The molecule has 1 aliphatic rings. The van der Waals surface area contributed by atoms with Crippen LogP contribution in [0.25, 0.3) is 0 Å². The quantitative estimate of drug-likeness (QED) is 0.711. The van der Waals surface area contributed by atoms with E-state index in [2.05, 4.69) is 15.6 Å². The van der Waals surface area contributed by atoms with Crippen LogP contribution in [-0.4, -0.2) is 49.7 Å². The maximum atomic E-state index is 12.2. The lowest BCUT2D eigenvalue weighted by Gasteiger charge is -2.33. The van der Waals surface area contributed by atoms with E-state index in [1.807, 2.05) is 0 Å². The van der Waals surface area contributed by atoms with Gasteiger partial charge < -0.3 is 4.74 Å². The minimum Gasteiger partial charge on any atom is -0.449 e. The number of carbonyl (C=O) groups is 2. The number of ether oxygens (including phenoxy) is 1. The number of hydrogen-bond donors (Lipinski definition) is 2. The molecule has 2 amide bonds. The Kier molecular flexibility index (Phi) is 6.90. The number of piperidine rings is 1. The zero-order valence-corrected chi connectivity index (χ0v) is 13.2. The van der Waals surface area contributed by atoms with Crippen molar-refractivity contribution in [1.82, 2.24) is 15.2 Å². The van der Waals surface area contributed by atoms with Crippen LogP contribution in [0.5, 0.6) is 0 Å². The smallest absolute Gasteiger partial charge is 0.426 e. The molecule has 0 aromatic rings. The van der Waals surface area contributed by atoms with Gasteiger partial charge in [-0.2, -0.15) is 4.31 Å². The average molecular weight is 321 g/mol. The van der Waals surface area contributed by atoms with E-state index < -0.39 is 28.1 Å². The lowest BCUT2D eigenvalue weighted by atomic mass is 10.0. The Bertz CT molecular complexity index is 466. The van der Waals surface area contributed by atoms with Crippen LogP contribution in [0.15, 0.2) is 0 Å². The highest BCUT2D eigenvalue weighted by molar-refractivity contribution is 7.89. The molecule has 1 aliphatic heterocycles. The summed E-state index contributed by atoms with van der Waals surface area (Å²) in [5, 5.41) is 0. The molecule has 1 fully saturated rings. The van der Waals surface area contributed by atoms with E-state index in [4.69, 9.17) is 0 Å². The summed E-state index contributed by atoms with van der Waals surface area (Å²) >= 11 is 0. The number of nitrogens with zero attached hydrogens (tertiary/aromatic N) is 1. The molecule has 0 saturated carbocycles. The monoisotopic (exact) mass is 321 g/mol. The minimum absolute atomic E-state index is 0.0160. The van der Waals surface area contributed by atoms with Crippen molar-refractivity contribution >= 4 is 22.0 Å². The van der Waals surface area contributed by atoms with E-state index in [9.17, 15) is 18.0 Å². The summed E-state index contributed by atoms with van der Waals surface area (Å²) in [7, 11) is -3.45. The first kappa shape index (κ1) is 17.7. The number of nitrogens with one attached hydrogen (secondary N) is 2. The lowest BCUT2D eigenvalue weighted by molar-refractivity contribution is -0.126. The van der Waals surface area contributed by atoms with Gasteiger partial charge >= 0.3 is 6.09 Å². The first-order chi connectivity index (χ1) is 9.92. The van der Waals surface area contributed by atoms with Crippen LogP contribution >= 0.6 is 0 Å². The normalized spacial score (nSPS) is 19.8. The largest absolute Gasteiger partial charge is 0.449 e. The molecule has 9 heteroatoms. The van der Waals surface area contributed by atoms with Gasteiger partial charge in [-0.3, -0.25) is 10.2 Å². The minimum atomic E-state index is -3.45. The van der Waals surface area contributed by atoms with E-state index in [0.29, 0.717) is 19.4 Å². The second-order valence-corrected chi connectivity index (χ2v) is 6.81. The predicted octanol–water partition coefficient (Wildman–Crippen LogP) is 0.358. The predicted molar refractivity (Wildman–Crippen MR) is 76.7 cm³/mol. The summed E-state index contributed by atoms with van der Waals surface area (Å²) in [5.74, 6) is -0.523. The van der Waals surface area contributed by atoms with Crippen LogP contribution in [0.1, 0.15) is 39.5 Å². The maximum absolute atomic E-state index is 12.2. The van der Waals surface area contributed by atoms with Crippen LogP contribution < -0.4 is 10.9 Å². The molecular weight excluding hydrogens is 298 g/mol. The van der Waals surface area contributed by atoms with Gasteiger partial charge in [0, 0.05) is 6.54 Å². The van der Waals surface area contributed by atoms with E-state index in [1.165, 1.54) is 4.31 Å². The van der Waals surface area contributed by atoms with Crippen LogP contribution in [0.4, 0.5) is 4.79 Å². The molecule has 0 bridgehead atoms. The zero-order chi connectivity index (χ0) is 15.9. The highest BCUT2D eigenvalue weighted by Crippen LogP contribution is 2.21. The molecule has 1 heterocycles. The summed E-state index contributed by atoms with van der Waals surface area (Å²) < 4.78 is 30.2. The third-order valence-electron chi connectivity index (χ3n) is 3.14. The van der Waals surface area contributed by atoms with Crippen molar-refractivity contribution in [3.8, 4) is 0 Å². The average Bonchev–Trinajstić information content (AvgIpc) is 2.45. The third-order valence-corrected chi connectivity index (χ3v) is 5.21. The molecule has 8 nitrogen and oxygen atoms in total. The first-order valence-corrected chi connectivity index (χ1v) is 8.75. The molecule has 0 spiro atoms. The zero-order valence-electron chi connectivity index (χ0n) is 12.4. The number of rotatable bonds is 5. The van der Waals surface area contributed by atoms with Crippen LogP contribution in [-0.2, 0) is 19.6 Å². The van der Waals surface area contributed by atoms with Crippen molar-refractivity contribution in [2.45, 2.75) is 45.6 Å². The molecule has 0 radical (unpaired) electrons. The molecule has 1 rings (SSSR count). The third kappa shape index (κ3) is 5.16. The van der Waals surface area contributed by atoms with Crippen molar-refractivity contribution in [2.75, 3.05) is 18.9 Å². The highest BCUT2D eigenvalue weighted by Gasteiger charge is 2.36. The highest BCUT2D eigenvalue weighted by atomic mass is 32.2. The Hall–Kier alpha value is -1.35. The van der Waals surface area contributed by atoms with Gasteiger partial charge in [0.25, 0.3) is 5.91 Å². The standard InChI is InChI=1S/C12H23N3O5S/c1-3-9-21(18,19)15-8-6-5-7-10(15)11(16)13-14-12(17)20-4-2/h10H,3-9H2,1-2H3,(H,13,16)(H,14,17). The Balaban J connectivity index is 2.68. The summed E-state index contributed by atoms with van der Waals surface area (Å²) in [6.45, 7) is 3.93. The Morgan fingerprint density at radius 1 is 1.24 bits per heavy atom. The Morgan fingerprint density at radius 3 is 2.57 bits per heavy atom. The van der Waals surface area contributed by atoms with E-state index in [-0.39, 0.29) is 12.4 Å². The summed E-state index contributed by atoms with van der Waals surface area (Å²) in [6, 6.07) is -0.780. The molecule has 2 N–H and O–H groups in total. The van der Waals surface area contributed by atoms with Crippen molar-refractivity contribution in [1.29, 1.82) is 0 Å². The topological polar surface area (TPSA) is 105 Å². The fourth-order valence-corrected chi connectivity index (χ4v) is 3.98. The van der Waals surface area contributed by atoms with E-state index in [1.54, 1.807) is 13.8 Å².